The van der Waals surface area contributed by atoms with E-state index in [-0.39, 0.29) is 52.0 Å². The fourth-order valence-corrected chi connectivity index (χ4v) is 10.3. The number of ketones is 1. The molecule has 1 heterocycles. The van der Waals surface area contributed by atoms with Gasteiger partial charge in [-0.05, 0) is 67.4 Å². The van der Waals surface area contributed by atoms with E-state index in [0.717, 1.165) is 50.8 Å². The van der Waals surface area contributed by atoms with E-state index < -0.39 is 0 Å². The van der Waals surface area contributed by atoms with Crippen LogP contribution in [0, 0.1) is 39.9 Å². The van der Waals surface area contributed by atoms with Crippen LogP contribution in [0.4, 0.5) is 0 Å². The van der Waals surface area contributed by atoms with Crippen LogP contribution in [0.3, 0.4) is 0 Å². The van der Waals surface area contributed by atoms with Crippen LogP contribution in [-0.4, -0.2) is 53.1 Å². The molecule has 0 aromatic heterocycles. The highest BCUT2D eigenvalue weighted by molar-refractivity contribution is 5.87. The summed E-state index contributed by atoms with van der Waals surface area (Å²) in [6.45, 7) is 13.1. The summed E-state index contributed by atoms with van der Waals surface area (Å²) in [6, 6.07) is 0.292. The number of aliphatic hydroxyl groups is 1. The van der Waals surface area contributed by atoms with Crippen LogP contribution in [0.25, 0.3) is 0 Å². The van der Waals surface area contributed by atoms with Gasteiger partial charge in [-0.1, -0.05) is 27.4 Å². The summed E-state index contributed by atoms with van der Waals surface area (Å²) in [5, 5.41) is 11.7. The monoisotopic (exact) mass is 427 g/mol. The maximum Gasteiger partial charge on any atom is 0.306 e. The molecule has 0 aromatic carbocycles. The van der Waals surface area contributed by atoms with Gasteiger partial charge >= 0.3 is 5.97 Å². The van der Waals surface area contributed by atoms with Crippen LogP contribution in [0.15, 0.2) is 12.2 Å². The molecule has 0 radical (unpaired) electrons. The molecule has 6 aliphatic rings. The normalized spacial score (nSPS) is 54.3. The van der Waals surface area contributed by atoms with Gasteiger partial charge in [0.25, 0.3) is 0 Å². The molecule has 7 bridgehead atoms. The van der Waals surface area contributed by atoms with E-state index in [1.165, 1.54) is 0 Å². The summed E-state index contributed by atoms with van der Waals surface area (Å²) in [6.07, 6.45) is 4.73. The van der Waals surface area contributed by atoms with Crippen molar-refractivity contribution < 1.29 is 19.4 Å². The molecule has 6 rings (SSSR count). The molecule has 5 aliphatic carbocycles. The standard InChI is InChI=1S/C26H37NO4/c1-5-7-21(30)31-23-14(3)15-12-25(23)16-10-18-24(4)9-8-20(29)26(18,19(25)11-17(15)28)22(16)27(6-2)13-24/h15-16,18-20,22-23,29H,3,5-13H2,1-2,4H3/t15-,16+,18-,19-,20+,22+,23-,24+,25+,26+/m1/s1. The summed E-state index contributed by atoms with van der Waals surface area (Å²) in [4.78, 5) is 28.7. The number of likely N-dealkylation sites (tertiary alicyclic amines) is 1. The summed E-state index contributed by atoms with van der Waals surface area (Å²) < 4.78 is 6.20. The van der Waals surface area contributed by atoms with Crippen LogP contribution >= 0.6 is 0 Å². The molecule has 6 fully saturated rings. The Balaban J connectivity index is 1.53. The van der Waals surface area contributed by atoms with Gasteiger partial charge in [-0.3, -0.25) is 14.5 Å². The second-order valence-corrected chi connectivity index (χ2v) is 11.9. The van der Waals surface area contributed by atoms with Crippen LogP contribution in [-0.2, 0) is 14.3 Å². The second kappa shape index (κ2) is 6.22. The predicted molar refractivity (Wildman–Crippen MR) is 116 cm³/mol. The Morgan fingerprint density at radius 2 is 2.10 bits per heavy atom. The number of carbonyl (C=O) groups excluding carboxylic acids is 2. The van der Waals surface area contributed by atoms with Crippen molar-refractivity contribution in [3.05, 3.63) is 12.2 Å². The number of hydrogen-bond acceptors (Lipinski definition) is 5. The van der Waals surface area contributed by atoms with Crippen molar-refractivity contribution in [2.24, 2.45) is 39.9 Å². The van der Waals surface area contributed by atoms with E-state index in [9.17, 15) is 14.7 Å². The zero-order valence-corrected chi connectivity index (χ0v) is 19.2. The van der Waals surface area contributed by atoms with E-state index in [0.29, 0.717) is 30.7 Å². The molecule has 1 N–H and O–H groups in total. The van der Waals surface area contributed by atoms with Crippen molar-refractivity contribution in [3.8, 4) is 0 Å². The Bertz CT molecular complexity index is 869. The molecule has 1 aliphatic heterocycles. The fourth-order valence-electron chi connectivity index (χ4n) is 10.3. The molecule has 170 valence electrons. The minimum atomic E-state index is -0.371. The number of ether oxygens (including phenoxy) is 1. The molecule has 0 aromatic rings. The van der Waals surface area contributed by atoms with Crippen molar-refractivity contribution in [2.45, 2.75) is 84.0 Å². The number of carbonyl (C=O) groups is 2. The van der Waals surface area contributed by atoms with Gasteiger partial charge in [0.15, 0.2) is 0 Å². The van der Waals surface area contributed by atoms with Gasteiger partial charge in [0, 0.05) is 42.2 Å². The highest BCUT2D eigenvalue weighted by atomic mass is 16.5. The van der Waals surface area contributed by atoms with E-state index in [4.69, 9.17) is 4.74 Å². The molecular formula is C26H37NO4. The lowest BCUT2D eigenvalue weighted by Crippen LogP contribution is -2.68. The zero-order chi connectivity index (χ0) is 21.9. The van der Waals surface area contributed by atoms with Crippen molar-refractivity contribution >= 4 is 11.8 Å². The third kappa shape index (κ3) is 2.08. The predicted octanol–water partition coefficient (Wildman–Crippen LogP) is 3.35. The number of hydrogen-bond donors (Lipinski definition) is 1. The molecule has 10 atom stereocenters. The van der Waals surface area contributed by atoms with Crippen LogP contribution in [0.2, 0.25) is 0 Å². The number of Topliss-reactive ketones (excluding diaryl/α,β-unsaturated/α-hetero) is 1. The molecule has 1 saturated heterocycles. The molecule has 0 unspecified atom stereocenters. The first-order valence-electron chi connectivity index (χ1n) is 12.6. The van der Waals surface area contributed by atoms with Crippen LogP contribution < -0.4 is 0 Å². The number of fused-ring (bicyclic) bond motifs is 1. The maximum absolute atomic E-state index is 13.4. The Labute approximate surface area is 185 Å². The summed E-state index contributed by atoms with van der Waals surface area (Å²) in [5.74, 6) is 0.857. The number of nitrogens with zero attached hydrogens (tertiary/aromatic N) is 1. The molecule has 5 saturated carbocycles. The highest BCUT2D eigenvalue weighted by Gasteiger charge is 2.85. The van der Waals surface area contributed by atoms with E-state index in [1.807, 2.05) is 6.92 Å². The smallest absolute Gasteiger partial charge is 0.306 e. The van der Waals surface area contributed by atoms with Crippen LogP contribution in [0.1, 0.15) is 65.7 Å². The molecule has 2 spiro atoms. The first kappa shape index (κ1) is 20.4. The quantitative estimate of drug-likeness (QED) is 0.551. The van der Waals surface area contributed by atoms with Crippen molar-refractivity contribution in [1.82, 2.24) is 4.90 Å². The third-order valence-corrected chi connectivity index (χ3v) is 11.0. The Morgan fingerprint density at radius 1 is 1.32 bits per heavy atom. The minimum Gasteiger partial charge on any atom is -0.457 e. The van der Waals surface area contributed by atoms with Crippen molar-refractivity contribution in [2.75, 3.05) is 13.1 Å². The number of rotatable bonds is 4. The first-order valence-corrected chi connectivity index (χ1v) is 12.6. The molecule has 5 heteroatoms. The average Bonchev–Trinajstić information content (AvgIpc) is 3.26. The Hall–Kier alpha value is -1.20. The molecular weight excluding hydrogens is 390 g/mol. The minimum absolute atomic E-state index is 0.0974. The lowest BCUT2D eigenvalue weighted by Gasteiger charge is -2.65. The van der Waals surface area contributed by atoms with Crippen molar-refractivity contribution in [3.63, 3.8) is 0 Å². The summed E-state index contributed by atoms with van der Waals surface area (Å²) in [7, 11) is 0. The Morgan fingerprint density at radius 3 is 2.81 bits per heavy atom. The van der Waals surface area contributed by atoms with Gasteiger partial charge in [-0.2, -0.15) is 0 Å². The summed E-state index contributed by atoms with van der Waals surface area (Å²) in [5.41, 5.74) is 0.571. The highest BCUT2D eigenvalue weighted by Crippen LogP contribution is 2.83. The van der Waals surface area contributed by atoms with Crippen LogP contribution in [0.5, 0.6) is 0 Å². The van der Waals surface area contributed by atoms with Gasteiger partial charge in [0.1, 0.15) is 11.9 Å². The average molecular weight is 428 g/mol. The maximum atomic E-state index is 13.4. The fraction of sp³-hybridized carbons (Fsp3) is 0.846. The van der Waals surface area contributed by atoms with Gasteiger partial charge in [0.2, 0.25) is 0 Å². The lowest BCUT2D eigenvalue weighted by atomic mass is 9.43. The summed E-state index contributed by atoms with van der Waals surface area (Å²) >= 11 is 0. The van der Waals surface area contributed by atoms with Crippen molar-refractivity contribution in [1.29, 1.82) is 0 Å². The van der Waals surface area contributed by atoms with Gasteiger partial charge < -0.3 is 9.84 Å². The number of aliphatic hydroxyl groups excluding tert-OH is 1. The van der Waals surface area contributed by atoms with E-state index in [1.54, 1.807) is 0 Å². The van der Waals surface area contributed by atoms with E-state index in [2.05, 4.69) is 25.3 Å². The molecule has 0 amide bonds. The third-order valence-electron chi connectivity index (χ3n) is 11.0. The molecule has 5 nitrogen and oxygen atoms in total. The second-order valence-electron chi connectivity index (χ2n) is 11.9. The molecule has 31 heavy (non-hydrogen) atoms. The number of piperidine rings is 1. The SMILES string of the molecule is C=C1[C@H]2C[C@@]3([C@@H]1OC(=O)CCC)[C@@H](CC2=O)[C@@]12[C@@H]4[C@@H]3C[C@@H]1[C@@](C)(CC[C@@H]2O)CN4CC. The first-order chi connectivity index (χ1) is 14.8. The van der Waals surface area contributed by atoms with E-state index >= 15 is 0 Å². The Kier molecular flexibility index (Phi) is 4.10. The lowest BCUT2D eigenvalue weighted by molar-refractivity contribution is -0.213. The number of esters is 1. The van der Waals surface area contributed by atoms with Gasteiger partial charge in [0.05, 0.1) is 6.10 Å². The van der Waals surface area contributed by atoms with Gasteiger partial charge in [-0.25, -0.2) is 0 Å². The largest absolute Gasteiger partial charge is 0.457 e. The zero-order valence-electron chi connectivity index (χ0n) is 19.2. The van der Waals surface area contributed by atoms with Gasteiger partial charge in [-0.15, -0.1) is 0 Å². The topological polar surface area (TPSA) is 66.8 Å².